The molecule has 0 fully saturated rings. The molecule has 0 saturated carbocycles. The van der Waals surface area contributed by atoms with Crippen LogP contribution in [0.25, 0.3) is 0 Å². The van der Waals surface area contributed by atoms with E-state index in [1.807, 2.05) is 0 Å². The Balaban J connectivity index is 3.88. The van der Waals surface area contributed by atoms with Crippen molar-refractivity contribution in [2.45, 2.75) is 20.0 Å². The normalized spacial score (nSPS) is 13.9. The zero-order valence-electron chi connectivity index (χ0n) is 6.70. The third-order valence-corrected chi connectivity index (χ3v) is 1.02. The molecule has 0 aliphatic heterocycles. The lowest BCUT2D eigenvalue weighted by atomic mass is 10.3. The van der Waals surface area contributed by atoms with E-state index in [1.165, 1.54) is 13.2 Å². The Morgan fingerprint density at radius 3 is 2.64 bits per heavy atom. The van der Waals surface area contributed by atoms with E-state index in [-0.39, 0.29) is 0 Å². The SMILES string of the molecule is C=CC(C)=COC(=O)C(C)O. The fourth-order valence-corrected chi connectivity index (χ4v) is 0.298. The van der Waals surface area contributed by atoms with Gasteiger partial charge in [0.2, 0.25) is 0 Å². The number of carbonyl (C=O) groups excluding carboxylic acids is 1. The maximum absolute atomic E-state index is 10.6. The lowest BCUT2D eigenvalue weighted by molar-refractivity contribution is -0.146. The summed E-state index contributed by atoms with van der Waals surface area (Å²) >= 11 is 0. The number of esters is 1. The number of carbonyl (C=O) groups is 1. The Hall–Kier alpha value is -1.09. The minimum Gasteiger partial charge on any atom is -0.432 e. The van der Waals surface area contributed by atoms with Gasteiger partial charge < -0.3 is 9.84 Å². The van der Waals surface area contributed by atoms with Crippen LogP contribution in [0.15, 0.2) is 24.5 Å². The van der Waals surface area contributed by atoms with E-state index in [1.54, 1.807) is 13.0 Å². The quantitative estimate of drug-likeness (QED) is 0.376. The van der Waals surface area contributed by atoms with E-state index in [4.69, 9.17) is 5.11 Å². The Bertz CT molecular complexity index is 180. The average molecular weight is 156 g/mol. The molecule has 11 heavy (non-hydrogen) atoms. The van der Waals surface area contributed by atoms with Gasteiger partial charge in [0.1, 0.15) is 6.10 Å². The molecule has 0 aliphatic carbocycles. The molecule has 0 radical (unpaired) electrons. The zero-order valence-corrected chi connectivity index (χ0v) is 6.70. The molecular formula is C8H12O3. The van der Waals surface area contributed by atoms with E-state index in [2.05, 4.69) is 11.3 Å². The second-order valence-electron chi connectivity index (χ2n) is 2.18. The molecule has 0 aromatic carbocycles. The van der Waals surface area contributed by atoms with Gasteiger partial charge in [-0.3, -0.25) is 0 Å². The molecule has 0 heterocycles. The molecule has 1 unspecified atom stereocenters. The fraction of sp³-hybridized carbons (Fsp3) is 0.375. The molecular weight excluding hydrogens is 144 g/mol. The summed E-state index contributed by atoms with van der Waals surface area (Å²) in [6.45, 7) is 6.55. The van der Waals surface area contributed by atoms with Crippen LogP contribution in [0.2, 0.25) is 0 Å². The summed E-state index contributed by atoms with van der Waals surface area (Å²) in [5.74, 6) is -0.661. The van der Waals surface area contributed by atoms with Crippen molar-refractivity contribution < 1.29 is 14.6 Å². The van der Waals surface area contributed by atoms with Gasteiger partial charge in [-0.25, -0.2) is 4.79 Å². The second kappa shape index (κ2) is 4.68. The number of rotatable bonds is 3. The maximum Gasteiger partial charge on any atom is 0.339 e. The summed E-state index contributed by atoms with van der Waals surface area (Å²) in [7, 11) is 0. The molecule has 0 saturated heterocycles. The predicted molar refractivity (Wildman–Crippen MR) is 41.7 cm³/mol. The van der Waals surface area contributed by atoms with Crippen LogP contribution in [0.1, 0.15) is 13.8 Å². The van der Waals surface area contributed by atoms with Crippen LogP contribution in [-0.4, -0.2) is 17.2 Å². The first-order valence-corrected chi connectivity index (χ1v) is 3.25. The Kier molecular flexibility index (Phi) is 4.22. The van der Waals surface area contributed by atoms with Gasteiger partial charge in [0, 0.05) is 0 Å². The van der Waals surface area contributed by atoms with Crippen LogP contribution in [0.4, 0.5) is 0 Å². The maximum atomic E-state index is 10.6. The van der Waals surface area contributed by atoms with E-state index in [0.29, 0.717) is 0 Å². The topological polar surface area (TPSA) is 46.5 Å². The summed E-state index contributed by atoms with van der Waals surface area (Å²) in [6, 6.07) is 0. The van der Waals surface area contributed by atoms with Gasteiger partial charge in [0.15, 0.2) is 0 Å². The first-order valence-electron chi connectivity index (χ1n) is 3.25. The molecule has 1 N–H and O–H groups in total. The highest BCUT2D eigenvalue weighted by molar-refractivity contribution is 5.74. The van der Waals surface area contributed by atoms with Gasteiger partial charge >= 0.3 is 5.97 Å². The summed E-state index contributed by atoms with van der Waals surface area (Å²) in [5.41, 5.74) is 0.735. The molecule has 3 nitrogen and oxygen atoms in total. The van der Waals surface area contributed by atoms with E-state index >= 15 is 0 Å². The lowest BCUT2D eigenvalue weighted by Gasteiger charge is -2.00. The first-order chi connectivity index (χ1) is 5.07. The van der Waals surface area contributed by atoms with Gasteiger partial charge in [-0.2, -0.15) is 0 Å². The number of ether oxygens (including phenoxy) is 1. The van der Waals surface area contributed by atoms with Crippen molar-refractivity contribution in [1.29, 1.82) is 0 Å². The molecule has 62 valence electrons. The molecule has 1 atom stereocenters. The Labute approximate surface area is 66.0 Å². The van der Waals surface area contributed by atoms with Crippen LogP contribution < -0.4 is 0 Å². The highest BCUT2D eigenvalue weighted by Crippen LogP contribution is 1.95. The van der Waals surface area contributed by atoms with E-state index < -0.39 is 12.1 Å². The van der Waals surface area contributed by atoms with Gasteiger partial charge in [0.25, 0.3) is 0 Å². The molecule has 3 heteroatoms. The number of hydrogen-bond acceptors (Lipinski definition) is 3. The van der Waals surface area contributed by atoms with Gasteiger partial charge in [-0.1, -0.05) is 12.7 Å². The third-order valence-electron chi connectivity index (χ3n) is 1.02. The van der Waals surface area contributed by atoms with Crippen LogP contribution in [0, 0.1) is 0 Å². The smallest absolute Gasteiger partial charge is 0.339 e. The first kappa shape index (κ1) is 9.91. The second-order valence-corrected chi connectivity index (χ2v) is 2.18. The van der Waals surface area contributed by atoms with Crippen LogP contribution in [-0.2, 0) is 9.53 Å². The van der Waals surface area contributed by atoms with Crippen LogP contribution >= 0.6 is 0 Å². The number of allylic oxidation sites excluding steroid dienone is 2. The van der Waals surface area contributed by atoms with Gasteiger partial charge in [-0.15, -0.1) is 0 Å². The number of aliphatic hydroxyl groups is 1. The fourth-order valence-electron chi connectivity index (χ4n) is 0.298. The Morgan fingerprint density at radius 1 is 1.73 bits per heavy atom. The zero-order chi connectivity index (χ0) is 8.85. The van der Waals surface area contributed by atoms with Crippen molar-refractivity contribution in [3.05, 3.63) is 24.5 Å². The molecule has 0 rings (SSSR count). The molecule has 0 aromatic rings. The van der Waals surface area contributed by atoms with E-state index in [9.17, 15) is 4.79 Å². The summed E-state index contributed by atoms with van der Waals surface area (Å²) in [6.07, 6.45) is 1.72. The highest BCUT2D eigenvalue weighted by Gasteiger charge is 2.07. The van der Waals surface area contributed by atoms with E-state index in [0.717, 1.165) is 5.57 Å². The summed E-state index contributed by atoms with van der Waals surface area (Å²) < 4.78 is 4.53. The minimum absolute atomic E-state index is 0.661. The van der Waals surface area contributed by atoms with Crippen molar-refractivity contribution in [3.8, 4) is 0 Å². The molecule has 0 aromatic heterocycles. The summed E-state index contributed by atoms with van der Waals surface area (Å²) in [5, 5.41) is 8.68. The van der Waals surface area contributed by atoms with Crippen molar-refractivity contribution in [2.24, 2.45) is 0 Å². The van der Waals surface area contributed by atoms with Crippen molar-refractivity contribution in [2.75, 3.05) is 0 Å². The lowest BCUT2D eigenvalue weighted by Crippen LogP contribution is -2.16. The standard InChI is InChI=1S/C8H12O3/c1-4-6(2)5-11-8(10)7(3)9/h4-5,7,9H,1H2,2-3H3. The van der Waals surface area contributed by atoms with Crippen LogP contribution in [0.3, 0.4) is 0 Å². The van der Waals surface area contributed by atoms with Crippen molar-refractivity contribution in [3.63, 3.8) is 0 Å². The van der Waals surface area contributed by atoms with Gasteiger partial charge in [-0.05, 0) is 19.4 Å². The highest BCUT2D eigenvalue weighted by atomic mass is 16.5. The molecule has 0 spiro atoms. The number of hydrogen-bond donors (Lipinski definition) is 1. The third kappa shape index (κ3) is 4.33. The molecule has 0 bridgehead atoms. The Morgan fingerprint density at radius 2 is 2.27 bits per heavy atom. The minimum atomic E-state index is -1.08. The molecule has 0 aliphatic rings. The summed E-state index contributed by atoms with van der Waals surface area (Å²) in [4.78, 5) is 10.6. The largest absolute Gasteiger partial charge is 0.432 e. The average Bonchev–Trinajstić information content (AvgIpc) is 1.99. The predicted octanol–water partition coefficient (Wildman–Crippen LogP) is 1.00. The molecule has 0 amide bonds. The van der Waals surface area contributed by atoms with Gasteiger partial charge in [0.05, 0.1) is 6.26 Å². The van der Waals surface area contributed by atoms with Crippen LogP contribution in [0.5, 0.6) is 0 Å². The van der Waals surface area contributed by atoms with Crippen molar-refractivity contribution >= 4 is 5.97 Å². The number of aliphatic hydroxyl groups excluding tert-OH is 1. The monoisotopic (exact) mass is 156 g/mol. The van der Waals surface area contributed by atoms with Crippen molar-refractivity contribution in [1.82, 2.24) is 0 Å².